The fourth-order valence-electron chi connectivity index (χ4n) is 3.59. The van der Waals surface area contributed by atoms with E-state index in [1.165, 1.54) is 6.20 Å². The van der Waals surface area contributed by atoms with Crippen LogP contribution in [0.1, 0.15) is 38.3 Å². The van der Waals surface area contributed by atoms with E-state index < -0.39 is 35.0 Å². The zero-order valence-electron chi connectivity index (χ0n) is 18.3. The normalized spacial score (nSPS) is 12.2. The highest BCUT2D eigenvalue weighted by atomic mass is 32.1. The standard InChI is InChI=1S/C24H17F6N3OS/c1-13-7-14(2)20-19(8-13)35-22(32-20)33(12-18-5-3-4-6-31-18)21(34)15-9-16(23(25,26)27)11-17(10-15)24(28,29)30/h3-11H,12H2,1-2H3. The highest BCUT2D eigenvalue weighted by Crippen LogP contribution is 2.38. The van der Waals surface area contributed by atoms with Gasteiger partial charge in [-0.2, -0.15) is 26.3 Å². The molecule has 0 aliphatic carbocycles. The summed E-state index contributed by atoms with van der Waals surface area (Å²) in [5, 5.41) is 0.135. The number of carbonyl (C=O) groups is 1. The number of benzene rings is 2. The van der Waals surface area contributed by atoms with Crippen LogP contribution in [0.2, 0.25) is 0 Å². The summed E-state index contributed by atoms with van der Waals surface area (Å²) in [4.78, 5) is 23.2. The summed E-state index contributed by atoms with van der Waals surface area (Å²) >= 11 is 1.12. The number of halogens is 6. The predicted molar refractivity (Wildman–Crippen MR) is 120 cm³/mol. The van der Waals surface area contributed by atoms with Gasteiger partial charge in [-0.15, -0.1) is 0 Å². The van der Waals surface area contributed by atoms with Crippen molar-refractivity contribution in [1.82, 2.24) is 9.97 Å². The molecule has 0 fully saturated rings. The monoisotopic (exact) mass is 509 g/mol. The van der Waals surface area contributed by atoms with Crippen molar-refractivity contribution in [3.8, 4) is 0 Å². The summed E-state index contributed by atoms with van der Waals surface area (Å²) in [6.45, 7) is 3.51. The van der Waals surface area contributed by atoms with Gasteiger partial charge >= 0.3 is 12.4 Å². The van der Waals surface area contributed by atoms with Crippen molar-refractivity contribution in [2.75, 3.05) is 4.90 Å². The molecule has 1 amide bonds. The number of pyridine rings is 1. The molecule has 0 aliphatic rings. The van der Waals surface area contributed by atoms with Crippen LogP contribution in [0, 0.1) is 13.8 Å². The molecule has 2 aromatic heterocycles. The Labute approximate surface area is 199 Å². The predicted octanol–water partition coefficient (Wildman–Crippen LogP) is 7.19. The first-order chi connectivity index (χ1) is 16.3. The fourth-order valence-corrected chi connectivity index (χ4v) is 4.73. The molecule has 0 unspecified atom stereocenters. The van der Waals surface area contributed by atoms with Gasteiger partial charge in [-0.1, -0.05) is 23.5 Å². The smallest absolute Gasteiger partial charge is 0.278 e. The minimum atomic E-state index is -5.08. The lowest BCUT2D eigenvalue weighted by atomic mass is 10.0. The van der Waals surface area contributed by atoms with Crippen molar-refractivity contribution < 1.29 is 31.1 Å². The maximum Gasteiger partial charge on any atom is 0.416 e. The van der Waals surface area contributed by atoms with E-state index in [-0.39, 0.29) is 17.7 Å². The van der Waals surface area contributed by atoms with Gasteiger partial charge in [-0.25, -0.2) is 4.98 Å². The number of nitrogens with zero attached hydrogens (tertiary/aromatic N) is 3. The number of carbonyl (C=O) groups excluding carboxylic acids is 1. The molecule has 182 valence electrons. The van der Waals surface area contributed by atoms with E-state index in [1.807, 2.05) is 26.0 Å². The highest BCUT2D eigenvalue weighted by molar-refractivity contribution is 7.22. The molecule has 0 radical (unpaired) electrons. The summed E-state index contributed by atoms with van der Waals surface area (Å²) in [6, 6.07) is 9.46. The van der Waals surface area contributed by atoms with Gasteiger partial charge in [-0.05, 0) is 61.4 Å². The first kappa shape index (κ1) is 24.6. The Morgan fingerprint density at radius 1 is 0.943 bits per heavy atom. The Bertz CT molecular complexity index is 1360. The zero-order valence-corrected chi connectivity index (χ0v) is 19.1. The van der Waals surface area contributed by atoms with E-state index in [4.69, 9.17) is 0 Å². The number of thiazole rings is 1. The highest BCUT2D eigenvalue weighted by Gasteiger charge is 2.38. The minimum absolute atomic E-state index is 0.0102. The molecule has 0 spiro atoms. The molecule has 2 heterocycles. The Kier molecular flexibility index (Phi) is 6.31. The number of fused-ring (bicyclic) bond motifs is 1. The molecular weight excluding hydrogens is 492 g/mol. The van der Waals surface area contributed by atoms with Gasteiger partial charge in [0.25, 0.3) is 5.91 Å². The minimum Gasteiger partial charge on any atom is -0.278 e. The van der Waals surface area contributed by atoms with E-state index in [0.717, 1.165) is 32.1 Å². The lowest BCUT2D eigenvalue weighted by molar-refractivity contribution is -0.143. The van der Waals surface area contributed by atoms with Crippen molar-refractivity contribution in [1.29, 1.82) is 0 Å². The molecule has 0 bridgehead atoms. The Morgan fingerprint density at radius 2 is 1.60 bits per heavy atom. The number of anilines is 1. The van der Waals surface area contributed by atoms with Crippen LogP contribution in [-0.2, 0) is 18.9 Å². The van der Waals surface area contributed by atoms with Gasteiger partial charge in [-0.3, -0.25) is 14.7 Å². The molecule has 0 atom stereocenters. The molecular formula is C24H17F6N3OS. The Morgan fingerprint density at radius 3 is 2.17 bits per heavy atom. The van der Waals surface area contributed by atoms with Crippen LogP contribution in [0.15, 0.2) is 54.7 Å². The van der Waals surface area contributed by atoms with Crippen LogP contribution in [0.4, 0.5) is 31.5 Å². The average molecular weight is 509 g/mol. The van der Waals surface area contributed by atoms with E-state index in [2.05, 4.69) is 9.97 Å². The molecule has 4 rings (SSSR count). The number of alkyl halides is 6. The number of hydrogen-bond donors (Lipinski definition) is 0. The van der Waals surface area contributed by atoms with Gasteiger partial charge in [0.2, 0.25) is 0 Å². The summed E-state index contributed by atoms with van der Waals surface area (Å²) in [5.41, 5.74) is -1.14. The number of rotatable bonds is 4. The SMILES string of the molecule is Cc1cc(C)c2nc(N(Cc3ccccn3)C(=O)c3cc(C(F)(F)F)cc(C(F)(F)F)c3)sc2c1. The number of aryl methyl sites for hydroxylation is 2. The summed E-state index contributed by atoms with van der Waals surface area (Å²) in [6.07, 6.45) is -8.69. The molecule has 0 aliphatic heterocycles. The largest absolute Gasteiger partial charge is 0.416 e. The first-order valence-corrected chi connectivity index (χ1v) is 11.0. The molecule has 0 saturated carbocycles. The van der Waals surface area contributed by atoms with Crippen LogP contribution in [-0.4, -0.2) is 15.9 Å². The van der Waals surface area contributed by atoms with E-state index in [1.54, 1.807) is 18.2 Å². The van der Waals surface area contributed by atoms with Crippen LogP contribution >= 0.6 is 11.3 Å². The van der Waals surface area contributed by atoms with E-state index in [9.17, 15) is 31.1 Å². The maximum absolute atomic E-state index is 13.5. The first-order valence-electron chi connectivity index (χ1n) is 10.2. The number of amides is 1. The second-order valence-corrected chi connectivity index (χ2v) is 8.94. The Hall–Kier alpha value is -3.47. The summed E-state index contributed by atoms with van der Waals surface area (Å²) < 4.78 is 81.0. The summed E-state index contributed by atoms with van der Waals surface area (Å²) in [7, 11) is 0. The molecule has 4 aromatic rings. The lowest BCUT2D eigenvalue weighted by Gasteiger charge is -2.21. The van der Waals surface area contributed by atoms with Crippen molar-refractivity contribution in [3.63, 3.8) is 0 Å². The molecule has 0 N–H and O–H groups in total. The van der Waals surface area contributed by atoms with Crippen molar-refractivity contribution in [2.45, 2.75) is 32.7 Å². The van der Waals surface area contributed by atoms with Crippen LogP contribution in [0.3, 0.4) is 0 Å². The maximum atomic E-state index is 13.5. The van der Waals surface area contributed by atoms with Crippen LogP contribution < -0.4 is 4.90 Å². The van der Waals surface area contributed by atoms with Gasteiger partial charge in [0.05, 0.1) is 33.6 Å². The zero-order chi connectivity index (χ0) is 25.5. The third kappa shape index (κ3) is 5.29. The quantitative estimate of drug-likeness (QED) is 0.274. The fraction of sp³-hybridized carbons (Fsp3) is 0.208. The van der Waals surface area contributed by atoms with Gasteiger partial charge in [0, 0.05) is 11.8 Å². The Balaban J connectivity index is 1.87. The van der Waals surface area contributed by atoms with Crippen LogP contribution in [0.25, 0.3) is 10.2 Å². The molecule has 4 nitrogen and oxygen atoms in total. The molecule has 11 heteroatoms. The van der Waals surface area contributed by atoms with Gasteiger partial charge < -0.3 is 0 Å². The third-order valence-electron chi connectivity index (χ3n) is 5.18. The molecule has 35 heavy (non-hydrogen) atoms. The lowest BCUT2D eigenvalue weighted by Crippen LogP contribution is -2.31. The average Bonchev–Trinajstić information content (AvgIpc) is 3.20. The number of aromatic nitrogens is 2. The second kappa shape index (κ2) is 8.95. The van der Waals surface area contributed by atoms with Crippen molar-refractivity contribution in [2.24, 2.45) is 0 Å². The van der Waals surface area contributed by atoms with E-state index in [0.29, 0.717) is 23.3 Å². The van der Waals surface area contributed by atoms with E-state index >= 15 is 0 Å². The van der Waals surface area contributed by atoms with Gasteiger partial charge in [0.15, 0.2) is 5.13 Å². The molecule has 2 aromatic carbocycles. The summed E-state index contributed by atoms with van der Waals surface area (Å²) in [5.74, 6) is -1.05. The topological polar surface area (TPSA) is 46.1 Å². The second-order valence-electron chi connectivity index (χ2n) is 7.93. The number of hydrogen-bond acceptors (Lipinski definition) is 4. The van der Waals surface area contributed by atoms with Crippen molar-refractivity contribution in [3.05, 3.63) is 88.2 Å². The van der Waals surface area contributed by atoms with Crippen LogP contribution in [0.5, 0.6) is 0 Å². The third-order valence-corrected chi connectivity index (χ3v) is 6.20. The van der Waals surface area contributed by atoms with Gasteiger partial charge in [0.1, 0.15) is 0 Å². The molecule has 0 saturated heterocycles. The van der Waals surface area contributed by atoms with Crippen molar-refractivity contribution >= 4 is 32.6 Å².